The van der Waals surface area contributed by atoms with E-state index in [4.69, 9.17) is 18.5 Å². The Bertz CT molecular complexity index is 1940. The van der Waals surface area contributed by atoms with Gasteiger partial charge < -0.3 is 18.9 Å². The maximum atomic E-state index is 13.0. The lowest BCUT2D eigenvalue weighted by atomic mass is 10.0. The largest absolute Gasteiger partial charge is 0.472 e. The number of rotatable bonds is 87. The number of ether oxygens (including phenoxy) is 2. The number of esters is 2. The van der Waals surface area contributed by atoms with Gasteiger partial charge in [-0.15, -0.1) is 0 Å². The van der Waals surface area contributed by atoms with E-state index in [1.165, 1.54) is 379 Å². The number of phosphoric ester groups is 1. The van der Waals surface area contributed by atoms with Gasteiger partial charge in [0, 0.05) is 12.8 Å². The van der Waals surface area contributed by atoms with E-state index >= 15 is 0 Å². The molecule has 0 rings (SSSR count). The van der Waals surface area contributed by atoms with Crippen molar-refractivity contribution in [2.24, 2.45) is 0 Å². The van der Waals surface area contributed by atoms with Crippen LogP contribution in [0.2, 0.25) is 0 Å². The van der Waals surface area contributed by atoms with Crippen LogP contribution in [-0.4, -0.2) is 74.9 Å². The van der Waals surface area contributed by atoms with E-state index in [1.807, 2.05) is 21.1 Å². The number of carbonyl (C=O) groups is 2. The average molecular weight is 1480 g/mol. The SMILES string of the molecule is CC/C=C\C/C=C\C/C=C\C/C=C\C/C=C\CCCCCCCCCCCCCCCCCCCCCCCCCCCC(=O)OC(COC(=O)CCCCCCCCCCCCCCCCCCCCCCCCCCCCCCCCCCCCCCCCC)COP(=O)(O)OCC[N+](C)(C)C. The van der Waals surface area contributed by atoms with Gasteiger partial charge in [-0.3, -0.25) is 18.6 Å². The molecule has 0 aromatic heterocycles. The van der Waals surface area contributed by atoms with Gasteiger partial charge in [0.15, 0.2) is 6.10 Å². The first-order chi connectivity index (χ1) is 51.0. The van der Waals surface area contributed by atoms with Crippen LogP contribution in [0.5, 0.6) is 0 Å². The maximum Gasteiger partial charge on any atom is 0.472 e. The number of quaternary nitrogens is 1. The first kappa shape index (κ1) is 102. The monoisotopic (exact) mass is 1480 g/mol. The fraction of sp³-hybridized carbons (Fsp3) is 0.872. The molecule has 0 fully saturated rings. The number of nitrogens with zero attached hydrogens (tertiary/aromatic N) is 1. The number of hydrogen-bond acceptors (Lipinski definition) is 7. The minimum atomic E-state index is -4.40. The molecule has 0 heterocycles. The molecule has 0 aliphatic heterocycles. The molecule has 0 saturated heterocycles. The zero-order chi connectivity index (χ0) is 75.4. The molecule has 0 spiro atoms. The summed E-state index contributed by atoms with van der Waals surface area (Å²) in [4.78, 5) is 36.1. The number of unbranched alkanes of at least 4 members (excludes halogenated alkanes) is 63. The molecule has 0 aliphatic rings. The lowest BCUT2D eigenvalue weighted by molar-refractivity contribution is -0.870. The highest BCUT2D eigenvalue weighted by Crippen LogP contribution is 2.43. The van der Waals surface area contributed by atoms with E-state index in [0.717, 1.165) is 64.2 Å². The van der Waals surface area contributed by atoms with E-state index in [9.17, 15) is 19.0 Å². The maximum absolute atomic E-state index is 13.0. The molecule has 0 saturated carbocycles. The third-order valence-electron chi connectivity index (χ3n) is 21.1. The van der Waals surface area contributed by atoms with Gasteiger partial charge in [-0.25, -0.2) is 4.57 Å². The molecule has 0 aliphatic carbocycles. The molecule has 10 heteroatoms. The molecule has 9 nitrogen and oxygen atoms in total. The summed E-state index contributed by atoms with van der Waals surface area (Å²) in [5, 5.41) is 0. The summed E-state index contributed by atoms with van der Waals surface area (Å²) in [7, 11) is 1.51. The van der Waals surface area contributed by atoms with Crippen molar-refractivity contribution in [2.75, 3.05) is 47.5 Å². The van der Waals surface area contributed by atoms with Crippen LogP contribution in [0.3, 0.4) is 0 Å². The fourth-order valence-electron chi connectivity index (χ4n) is 14.1. The standard InChI is InChI=1S/C94H178NO8P/c1-6-8-10-12-14-16-18-20-22-24-26-28-30-32-34-36-38-40-42-44-46-47-49-51-53-55-57-59-61-63-65-67-69-71-73-75-77-79-81-83-85-87-94(97)103-92(91-102-104(98,99)101-89-88-95(3,4)5)90-100-93(96)86-84-82-80-78-76-74-72-70-68-66-64-62-60-58-56-54-52-50-48-45-43-41-39-37-35-33-31-29-27-25-23-21-19-17-15-13-11-9-7-2/h8,10,14,16,20,22,26,28,32,34,92H,6-7,9,11-13,15,17-19,21,23-25,27,29-31,33,35-91H2,1-5H3/p+1/b10-8-,16-14-,22-20-,28-26-,34-32-. The summed E-state index contributed by atoms with van der Waals surface area (Å²) in [6.07, 6.45) is 116. The van der Waals surface area contributed by atoms with Crippen LogP contribution < -0.4 is 0 Å². The molecule has 2 unspecified atom stereocenters. The Hall–Kier alpha value is -2.29. The average Bonchev–Trinajstić information content (AvgIpc) is 0.920. The smallest absolute Gasteiger partial charge is 0.462 e. The molecule has 0 amide bonds. The minimum absolute atomic E-state index is 0.0352. The van der Waals surface area contributed by atoms with Crippen molar-refractivity contribution >= 4 is 19.8 Å². The highest BCUT2D eigenvalue weighted by atomic mass is 31.2. The van der Waals surface area contributed by atoms with E-state index in [2.05, 4.69) is 74.6 Å². The van der Waals surface area contributed by atoms with Gasteiger partial charge in [-0.2, -0.15) is 0 Å². The zero-order valence-electron chi connectivity index (χ0n) is 70.3. The van der Waals surface area contributed by atoms with Crippen LogP contribution in [0.4, 0.5) is 0 Å². The van der Waals surface area contributed by atoms with Crippen LogP contribution in [0, 0.1) is 0 Å². The first-order valence-electron chi connectivity index (χ1n) is 46.0. The Balaban J connectivity index is 3.82. The van der Waals surface area contributed by atoms with E-state index in [1.54, 1.807) is 0 Å². The van der Waals surface area contributed by atoms with Crippen molar-refractivity contribution < 1.29 is 42.1 Å². The minimum Gasteiger partial charge on any atom is -0.462 e. The first-order valence-corrected chi connectivity index (χ1v) is 47.5. The lowest BCUT2D eigenvalue weighted by Crippen LogP contribution is -2.37. The second kappa shape index (κ2) is 84.7. The van der Waals surface area contributed by atoms with Gasteiger partial charge in [0.1, 0.15) is 19.8 Å². The van der Waals surface area contributed by atoms with Crippen molar-refractivity contribution in [3.8, 4) is 0 Å². The third-order valence-corrected chi connectivity index (χ3v) is 22.0. The summed E-state index contributed by atoms with van der Waals surface area (Å²) in [6, 6.07) is 0. The van der Waals surface area contributed by atoms with E-state index in [0.29, 0.717) is 23.9 Å². The molecule has 0 aromatic rings. The number of phosphoric acid groups is 1. The highest BCUT2D eigenvalue weighted by Gasteiger charge is 2.27. The zero-order valence-corrected chi connectivity index (χ0v) is 71.2. The summed E-state index contributed by atoms with van der Waals surface area (Å²) in [6.45, 7) is 4.41. The Kier molecular flexibility index (Phi) is 82.9. The summed E-state index contributed by atoms with van der Waals surface area (Å²) < 4.78 is 34.9. The van der Waals surface area contributed by atoms with Gasteiger partial charge in [-0.05, 0) is 57.8 Å². The molecular formula is C94H179NO8P+. The Morgan fingerprint density at radius 1 is 0.308 bits per heavy atom. The van der Waals surface area contributed by atoms with E-state index < -0.39 is 26.5 Å². The normalized spacial score (nSPS) is 13.2. The van der Waals surface area contributed by atoms with Crippen molar-refractivity contribution in [3.63, 3.8) is 0 Å². The second-order valence-corrected chi connectivity index (χ2v) is 34.1. The number of carbonyl (C=O) groups excluding carboxylic acids is 2. The van der Waals surface area contributed by atoms with Crippen molar-refractivity contribution in [1.82, 2.24) is 0 Å². The molecular weight excluding hydrogens is 1300 g/mol. The van der Waals surface area contributed by atoms with Crippen molar-refractivity contribution in [2.45, 2.75) is 482 Å². The Morgan fingerprint density at radius 2 is 0.548 bits per heavy atom. The molecule has 0 bridgehead atoms. The van der Waals surface area contributed by atoms with E-state index in [-0.39, 0.29) is 25.6 Å². The van der Waals surface area contributed by atoms with Crippen LogP contribution in [0.1, 0.15) is 476 Å². The predicted octanol–water partition coefficient (Wildman–Crippen LogP) is 31.2. The van der Waals surface area contributed by atoms with Crippen LogP contribution in [0.15, 0.2) is 60.8 Å². The van der Waals surface area contributed by atoms with Crippen molar-refractivity contribution in [3.05, 3.63) is 60.8 Å². The Morgan fingerprint density at radius 3 is 0.817 bits per heavy atom. The quantitative estimate of drug-likeness (QED) is 0.0211. The van der Waals surface area contributed by atoms with Crippen molar-refractivity contribution in [1.29, 1.82) is 0 Å². The third kappa shape index (κ3) is 88.6. The number of hydrogen-bond donors (Lipinski definition) is 1. The summed E-state index contributed by atoms with van der Waals surface area (Å²) >= 11 is 0. The topological polar surface area (TPSA) is 108 Å². The predicted molar refractivity (Wildman–Crippen MR) is 455 cm³/mol. The molecule has 0 aromatic carbocycles. The summed E-state index contributed by atoms with van der Waals surface area (Å²) in [5.74, 6) is -0.768. The molecule has 0 radical (unpaired) electrons. The van der Waals surface area contributed by atoms with Crippen LogP contribution >= 0.6 is 7.82 Å². The van der Waals surface area contributed by atoms with Crippen LogP contribution in [-0.2, 0) is 32.7 Å². The van der Waals surface area contributed by atoms with Gasteiger partial charge >= 0.3 is 19.8 Å². The lowest BCUT2D eigenvalue weighted by Gasteiger charge is -2.24. The molecule has 1 N–H and O–H groups in total. The molecule has 612 valence electrons. The highest BCUT2D eigenvalue weighted by molar-refractivity contribution is 7.47. The molecule has 104 heavy (non-hydrogen) atoms. The molecule has 2 atom stereocenters. The number of likely N-dealkylation sites (N-methyl/N-ethyl adjacent to an activating group) is 1. The summed E-state index contributed by atoms with van der Waals surface area (Å²) in [5.41, 5.74) is 0. The van der Waals surface area contributed by atoms with Crippen LogP contribution in [0.25, 0.3) is 0 Å². The second-order valence-electron chi connectivity index (χ2n) is 32.7. The van der Waals surface area contributed by atoms with Gasteiger partial charge in [0.25, 0.3) is 0 Å². The number of allylic oxidation sites excluding steroid dienone is 10. The Labute approximate surface area is 648 Å². The van der Waals surface area contributed by atoms with Gasteiger partial charge in [-0.1, -0.05) is 466 Å². The van der Waals surface area contributed by atoms with Gasteiger partial charge in [0.05, 0.1) is 27.7 Å². The fourth-order valence-corrected chi connectivity index (χ4v) is 14.9. The van der Waals surface area contributed by atoms with Gasteiger partial charge in [0.2, 0.25) is 0 Å².